The summed E-state index contributed by atoms with van der Waals surface area (Å²) in [5.74, 6) is -0.448. The molecule has 0 atom stereocenters. The molecule has 0 saturated heterocycles. The van der Waals surface area contributed by atoms with Gasteiger partial charge in [0.2, 0.25) is 0 Å². The Labute approximate surface area is 103 Å². The second-order valence-electron chi connectivity index (χ2n) is 3.90. The quantitative estimate of drug-likeness (QED) is 0.876. The van der Waals surface area contributed by atoms with Crippen LogP contribution >= 0.6 is 11.3 Å². The second-order valence-corrected chi connectivity index (χ2v) is 4.93. The summed E-state index contributed by atoms with van der Waals surface area (Å²) in [6.45, 7) is 4.07. The Morgan fingerprint density at radius 1 is 1.29 bits per heavy atom. The molecule has 5 heteroatoms. The van der Waals surface area contributed by atoms with Crippen molar-refractivity contribution in [1.82, 2.24) is 4.98 Å². The molecule has 0 fully saturated rings. The van der Waals surface area contributed by atoms with Crippen LogP contribution in [0.1, 0.15) is 20.8 Å². The largest absolute Gasteiger partial charge is 0.365 e. The van der Waals surface area contributed by atoms with Gasteiger partial charge < -0.3 is 11.1 Å². The number of nitrogens with one attached hydrogen (secondary N) is 1. The van der Waals surface area contributed by atoms with Crippen LogP contribution in [0.5, 0.6) is 0 Å². The Kier molecular flexibility index (Phi) is 3.10. The molecule has 2 rings (SSSR count). The van der Waals surface area contributed by atoms with Gasteiger partial charge in [-0.05, 0) is 37.1 Å². The first-order valence-corrected chi connectivity index (χ1v) is 5.97. The van der Waals surface area contributed by atoms with Crippen LogP contribution in [0.15, 0.2) is 24.4 Å². The van der Waals surface area contributed by atoms with Gasteiger partial charge in [0.05, 0.1) is 6.20 Å². The van der Waals surface area contributed by atoms with Crippen LogP contribution in [0.2, 0.25) is 0 Å². The zero-order valence-electron chi connectivity index (χ0n) is 9.65. The van der Waals surface area contributed by atoms with Crippen LogP contribution in [0.25, 0.3) is 0 Å². The van der Waals surface area contributed by atoms with E-state index in [0.29, 0.717) is 10.0 Å². The lowest BCUT2D eigenvalue weighted by atomic mass is 10.1. The number of thiazole rings is 1. The van der Waals surface area contributed by atoms with Gasteiger partial charge in [-0.15, -0.1) is 0 Å². The standard InChI is InChI=1S/C12H13N3OS/c1-7-3-8(2)5-9(4-7)15-12-14-6-10(17-12)11(13)16/h3-6H,1-2H3,(H2,13,16)(H,14,15). The van der Waals surface area contributed by atoms with Crippen molar-refractivity contribution in [2.24, 2.45) is 5.73 Å². The van der Waals surface area contributed by atoms with Gasteiger partial charge in [0.25, 0.3) is 5.91 Å². The van der Waals surface area contributed by atoms with Crippen molar-refractivity contribution in [3.05, 3.63) is 40.4 Å². The summed E-state index contributed by atoms with van der Waals surface area (Å²) < 4.78 is 0. The van der Waals surface area contributed by atoms with Crippen molar-refractivity contribution in [3.63, 3.8) is 0 Å². The Morgan fingerprint density at radius 3 is 2.47 bits per heavy atom. The Balaban J connectivity index is 2.22. The fourth-order valence-corrected chi connectivity index (χ4v) is 2.30. The molecular formula is C12H13N3OS. The number of aryl methyl sites for hydroxylation is 2. The third-order valence-electron chi connectivity index (χ3n) is 2.22. The van der Waals surface area contributed by atoms with E-state index in [1.54, 1.807) is 0 Å². The minimum Gasteiger partial charge on any atom is -0.365 e. The molecule has 17 heavy (non-hydrogen) atoms. The molecular weight excluding hydrogens is 234 g/mol. The number of benzene rings is 1. The molecule has 0 unspecified atom stereocenters. The van der Waals surface area contributed by atoms with Gasteiger partial charge in [0.1, 0.15) is 4.88 Å². The van der Waals surface area contributed by atoms with Crippen molar-refractivity contribution in [2.75, 3.05) is 5.32 Å². The van der Waals surface area contributed by atoms with E-state index in [1.807, 2.05) is 26.0 Å². The molecule has 0 aliphatic heterocycles. The molecule has 0 aliphatic carbocycles. The number of carbonyl (C=O) groups excluding carboxylic acids is 1. The normalized spacial score (nSPS) is 10.2. The summed E-state index contributed by atoms with van der Waals surface area (Å²) in [5.41, 5.74) is 8.50. The second kappa shape index (κ2) is 4.55. The molecule has 1 aromatic carbocycles. The van der Waals surface area contributed by atoms with Gasteiger partial charge in [-0.25, -0.2) is 4.98 Å². The number of primary amides is 1. The van der Waals surface area contributed by atoms with Crippen LogP contribution in [0, 0.1) is 13.8 Å². The number of aromatic nitrogens is 1. The van der Waals surface area contributed by atoms with E-state index in [1.165, 1.54) is 28.7 Å². The van der Waals surface area contributed by atoms with E-state index in [4.69, 9.17) is 5.73 Å². The van der Waals surface area contributed by atoms with E-state index in [-0.39, 0.29) is 0 Å². The Hall–Kier alpha value is -1.88. The molecule has 0 aliphatic rings. The molecule has 0 saturated carbocycles. The lowest BCUT2D eigenvalue weighted by Crippen LogP contribution is -2.08. The molecule has 1 amide bonds. The number of hydrogen-bond donors (Lipinski definition) is 2. The Bertz CT molecular complexity index is 542. The highest BCUT2D eigenvalue weighted by atomic mass is 32.1. The molecule has 88 valence electrons. The van der Waals surface area contributed by atoms with Crippen LogP contribution in [-0.4, -0.2) is 10.9 Å². The van der Waals surface area contributed by atoms with Crippen LogP contribution in [0.4, 0.5) is 10.8 Å². The summed E-state index contributed by atoms with van der Waals surface area (Å²) in [7, 11) is 0. The predicted molar refractivity (Wildman–Crippen MR) is 69.8 cm³/mol. The smallest absolute Gasteiger partial charge is 0.260 e. The van der Waals surface area contributed by atoms with Gasteiger partial charge >= 0.3 is 0 Å². The van der Waals surface area contributed by atoms with Gasteiger partial charge in [0, 0.05) is 5.69 Å². The lowest BCUT2D eigenvalue weighted by molar-refractivity contribution is 0.100. The van der Waals surface area contributed by atoms with Gasteiger partial charge in [-0.3, -0.25) is 4.79 Å². The van der Waals surface area contributed by atoms with Crippen LogP contribution in [-0.2, 0) is 0 Å². The highest BCUT2D eigenvalue weighted by Crippen LogP contribution is 2.23. The first-order valence-electron chi connectivity index (χ1n) is 5.15. The minimum atomic E-state index is -0.448. The van der Waals surface area contributed by atoms with E-state index >= 15 is 0 Å². The number of rotatable bonds is 3. The fraction of sp³-hybridized carbons (Fsp3) is 0.167. The Morgan fingerprint density at radius 2 is 1.94 bits per heavy atom. The summed E-state index contributed by atoms with van der Waals surface area (Å²) in [4.78, 5) is 15.5. The van der Waals surface area contributed by atoms with Crippen molar-refractivity contribution in [1.29, 1.82) is 0 Å². The summed E-state index contributed by atoms with van der Waals surface area (Å²) >= 11 is 1.25. The van der Waals surface area contributed by atoms with E-state index in [9.17, 15) is 4.79 Å². The summed E-state index contributed by atoms with van der Waals surface area (Å²) in [6, 6.07) is 6.15. The molecule has 4 nitrogen and oxygen atoms in total. The first kappa shape index (κ1) is 11.6. The number of carbonyl (C=O) groups is 1. The number of nitrogens with zero attached hydrogens (tertiary/aromatic N) is 1. The van der Waals surface area contributed by atoms with Gasteiger partial charge in [-0.1, -0.05) is 17.4 Å². The fourth-order valence-electron chi connectivity index (χ4n) is 1.62. The maximum absolute atomic E-state index is 10.9. The molecule has 2 aromatic rings. The number of anilines is 2. The molecule has 0 radical (unpaired) electrons. The number of hydrogen-bond acceptors (Lipinski definition) is 4. The van der Waals surface area contributed by atoms with Crippen molar-refractivity contribution < 1.29 is 4.79 Å². The lowest BCUT2D eigenvalue weighted by Gasteiger charge is -2.05. The van der Waals surface area contributed by atoms with Crippen molar-refractivity contribution in [3.8, 4) is 0 Å². The molecule has 0 spiro atoms. The highest BCUT2D eigenvalue weighted by molar-refractivity contribution is 7.17. The predicted octanol–water partition coefficient (Wildman–Crippen LogP) is 2.60. The van der Waals surface area contributed by atoms with E-state index < -0.39 is 5.91 Å². The maximum Gasteiger partial charge on any atom is 0.260 e. The minimum absolute atomic E-state index is 0.448. The molecule has 1 aromatic heterocycles. The van der Waals surface area contributed by atoms with E-state index in [2.05, 4.69) is 16.4 Å². The monoisotopic (exact) mass is 247 g/mol. The topological polar surface area (TPSA) is 68.0 Å². The molecule has 0 bridgehead atoms. The SMILES string of the molecule is Cc1cc(C)cc(Nc2ncc(C(N)=O)s2)c1. The van der Waals surface area contributed by atoms with Crippen LogP contribution in [0.3, 0.4) is 0 Å². The zero-order valence-corrected chi connectivity index (χ0v) is 10.5. The number of amides is 1. The first-order chi connectivity index (χ1) is 8.04. The highest BCUT2D eigenvalue weighted by Gasteiger charge is 2.06. The van der Waals surface area contributed by atoms with Crippen LogP contribution < -0.4 is 11.1 Å². The third kappa shape index (κ3) is 2.82. The third-order valence-corrected chi connectivity index (χ3v) is 3.15. The summed E-state index contributed by atoms with van der Waals surface area (Å²) in [5, 5.41) is 3.83. The van der Waals surface area contributed by atoms with Crippen molar-refractivity contribution in [2.45, 2.75) is 13.8 Å². The van der Waals surface area contributed by atoms with Crippen molar-refractivity contribution >= 4 is 28.1 Å². The van der Waals surface area contributed by atoms with E-state index in [0.717, 1.165) is 5.69 Å². The van der Waals surface area contributed by atoms with Gasteiger partial charge in [0.15, 0.2) is 5.13 Å². The average molecular weight is 247 g/mol. The maximum atomic E-state index is 10.9. The zero-order chi connectivity index (χ0) is 12.4. The molecule has 3 N–H and O–H groups in total. The summed E-state index contributed by atoms with van der Waals surface area (Å²) in [6.07, 6.45) is 1.48. The average Bonchev–Trinajstić information content (AvgIpc) is 2.64. The van der Waals surface area contributed by atoms with Gasteiger partial charge in [-0.2, -0.15) is 0 Å². The molecule has 1 heterocycles. The number of nitrogens with two attached hydrogens (primary N) is 1.